The van der Waals surface area contributed by atoms with Gasteiger partial charge in [0.15, 0.2) is 0 Å². The van der Waals surface area contributed by atoms with Gasteiger partial charge in [0.25, 0.3) is 0 Å². The Balaban J connectivity index is 3.37. The van der Waals surface area contributed by atoms with Crippen molar-refractivity contribution in [3.63, 3.8) is 0 Å². The number of nitrogens with one attached hydrogen (secondary N) is 2. The van der Waals surface area contributed by atoms with Crippen molar-refractivity contribution in [1.82, 2.24) is 15.5 Å². The number of ether oxygens (including phenoxy) is 1. The molecule has 0 aliphatic heterocycles. The highest BCUT2D eigenvalue weighted by atomic mass is 16.6. The van der Waals surface area contributed by atoms with Gasteiger partial charge in [0, 0.05) is 18.7 Å². The Morgan fingerprint density at radius 1 is 1.27 bits per heavy atom. The van der Waals surface area contributed by atoms with Crippen molar-refractivity contribution in [3.05, 3.63) is 42.0 Å². The third-order valence-corrected chi connectivity index (χ3v) is 4.73. The van der Waals surface area contributed by atoms with E-state index in [-0.39, 0.29) is 17.9 Å². The Morgan fingerprint density at radius 2 is 1.94 bits per heavy atom. The van der Waals surface area contributed by atoms with Crippen molar-refractivity contribution in [1.29, 1.82) is 0 Å². The van der Waals surface area contributed by atoms with Crippen LogP contribution >= 0.6 is 0 Å². The molecule has 2 unspecified atom stereocenters. The normalized spacial score (nSPS) is 12.9. The summed E-state index contributed by atoms with van der Waals surface area (Å²) in [6.07, 6.45) is 2.16. The van der Waals surface area contributed by atoms with E-state index in [4.69, 9.17) is 4.74 Å². The quantitative estimate of drug-likeness (QED) is 0.295. The largest absolute Gasteiger partial charge is 0.507 e. The van der Waals surface area contributed by atoms with Gasteiger partial charge in [-0.05, 0) is 39.7 Å². The van der Waals surface area contributed by atoms with Crippen molar-refractivity contribution in [2.45, 2.75) is 65.1 Å². The molecule has 4 N–H and O–H groups in total. The SMILES string of the molecule is C=CCN(C(=O)C(CO)NC(=O)OC(C)(C)C)C(C(=O)NCCCC)c1cccc(C)c1O. The number of alkyl carbamates (subject to hydrolysis) is 1. The van der Waals surface area contributed by atoms with E-state index in [2.05, 4.69) is 17.2 Å². The summed E-state index contributed by atoms with van der Waals surface area (Å²) in [5, 5.41) is 25.7. The van der Waals surface area contributed by atoms with E-state index < -0.39 is 42.2 Å². The van der Waals surface area contributed by atoms with Crippen molar-refractivity contribution >= 4 is 17.9 Å². The van der Waals surface area contributed by atoms with Crippen molar-refractivity contribution in [3.8, 4) is 5.75 Å². The Bertz CT molecular complexity index is 834. The second kappa shape index (κ2) is 12.8. The Hall–Kier alpha value is -3.07. The van der Waals surface area contributed by atoms with Gasteiger partial charge in [0.05, 0.1) is 6.61 Å². The van der Waals surface area contributed by atoms with Crippen LogP contribution in [0.2, 0.25) is 0 Å². The van der Waals surface area contributed by atoms with Gasteiger partial charge in [0.2, 0.25) is 11.8 Å². The highest BCUT2D eigenvalue weighted by molar-refractivity contribution is 5.92. The maximum absolute atomic E-state index is 13.4. The lowest BCUT2D eigenvalue weighted by atomic mass is 9.99. The van der Waals surface area contributed by atoms with Gasteiger partial charge in [-0.2, -0.15) is 0 Å². The smallest absolute Gasteiger partial charge is 0.408 e. The highest BCUT2D eigenvalue weighted by Crippen LogP contribution is 2.32. The van der Waals surface area contributed by atoms with Gasteiger partial charge in [0.1, 0.15) is 23.4 Å². The summed E-state index contributed by atoms with van der Waals surface area (Å²) in [7, 11) is 0. The summed E-state index contributed by atoms with van der Waals surface area (Å²) >= 11 is 0. The Morgan fingerprint density at radius 3 is 2.48 bits per heavy atom. The molecule has 0 fully saturated rings. The number of para-hydroxylation sites is 1. The molecule has 0 aromatic heterocycles. The van der Waals surface area contributed by atoms with Gasteiger partial charge in [-0.3, -0.25) is 9.59 Å². The number of nitrogens with zero attached hydrogens (tertiary/aromatic N) is 1. The topological polar surface area (TPSA) is 128 Å². The number of aliphatic hydroxyl groups excluding tert-OH is 1. The molecule has 0 saturated heterocycles. The maximum atomic E-state index is 13.4. The summed E-state index contributed by atoms with van der Waals surface area (Å²) in [6.45, 7) is 12.0. The molecule has 1 aromatic carbocycles. The number of unbranched alkanes of at least 4 members (excludes halogenated alkanes) is 1. The fraction of sp³-hybridized carbons (Fsp3) is 0.542. The van der Waals surface area contributed by atoms with E-state index in [0.717, 1.165) is 12.8 Å². The molecule has 33 heavy (non-hydrogen) atoms. The molecule has 9 nitrogen and oxygen atoms in total. The summed E-state index contributed by atoms with van der Waals surface area (Å²) in [6, 6.07) is 2.35. The number of carbonyl (C=O) groups excluding carboxylic acids is 3. The molecule has 0 bridgehead atoms. The number of amides is 3. The van der Waals surface area contributed by atoms with Crippen LogP contribution in [0.15, 0.2) is 30.9 Å². The second-order valence-corrected chi connectivity index (χ2v) is 8.72. The van der Waals surface area contributed by atoms with Crippen LogP contribution in [0.1, 0.15) is 57.7 Å². The van der Waals surface area contributed by atoms with E-state index in [9.17, 15) is 24.6 Å². The third kappa shape index (κ3) is 8.42. The highest BCUT2D eigenvalue weighted by Gasteiger charge is 2.36. The number of carbonyl (C=O) groups is 3. The predicted molar refractivity (Wildman–Crippen MR) is 126 cm³/mol. The first-order valence-corrected chi connectivity index (χ1v) is 11.0. The molecule has 0 aliphatic carbocycles. The molecule has 0 saturated carbocycles. The third-order valence-electron chi connectivity index (χ3n) is 4.73. The average molecular weight is 464 g/mol. The minimum atomic E-state index is -1.36. The van der Waals surface area contributed by atoms with E-state index in [1.807, 2.05) is 6.92 Å². The number of benzene rings is 1. The number of phenolic OH excluding ortho intramolecular Hbond substituents is 1. The number of hydrogen-bond acceptors (Lipinski definition) is 6. The fourth-order valence-electron chi connectivity index (χ4n) is 3.14. The molecule has 2 atom stereocenters. The lowest BCUT2D eigenvalue weighted by Gasteiger charge is -2.33. The Kier molecular flexibility index (Phi) is 10.9. The lowest BCUT2D eigenvalue weighted by molar-refractivity contribution is -0.142. The molecular formula is C24H37N3O6. The average Bonchev–Trinajstić information content (AvgIpc) is 2.73. The standard InChI is InChI=1S/C24H37N3O6/c1-7-9-13-25-21(30)19(17-12-10-11-16(3)20(17)29)27(14-8-2)22(31)18(15-28)26-23(32)33-24(4,5)6/h8,10-12,18-19,28-29H,2,7,9,13-15H2,1,3-6H3,(H,25,30)(H,26,32). The van der Waals surface area contributed by atoms with Gasteiger partial charge < -0.3 is 30.5 Å². The van der Waals surface area contributed by atoms with E-state index >= 15 is 0 Å². The molecule has 0 radical (unpaired) electrons. The molecule has 0 spiro atoms. The number of aromatic hydroxyl groups is 1. The number of hydrogen-bond donors (Lipinski definition) is 4. The zero-order chi connectivity index (χ0) is 25.2. The van der Waals surface area contributed by atoms with Gasteiger partial charge in [-0.1, -0.05) is 37.6 Å². The first-order valence-electron chi connectivity index (χ1n) is 11.0. The van der Waals surface area contributed by atoms with Crippen LogP contribution in [-0.2, 0) is 14.3 Å². The van der Waals surface area contributed by atoms with E-state index in [1.165, 1.54) is 11.0 Å². The molecular weight excluding hydrogens is 426 g/mol. The maximum Gasteiger partial charge on any atom is 0.408 e. The van der Waals surface area contributed by atoms with Crippen LogP contribution in [0.3, 0.4) is 0 Å². The molecule has 3 amide bonds. The summed E-state index contributed by atoms with van der Waals surface area (Å²) < 4.78 is 5.18. The molecule has 1 rings (SSSR count). The Labute approximate surface area is 195 Å². The second-order valence-electron chi connectivity index (χ2n) is 8.72. The van der Waals surface area contributed by atoms with Crippen LogP contribution in [0.4, 0.5) is 4.79 Å². The lowest BCUT2D eigenvalue weighted by Crippen LogP contribution is -2.54. The molecule has 0 aliphatic rings. The number of phenols is 1. The van der Waals surface area contributed by atoms with Crippen LogP contribution in [0.25, 0.3) is 0 Å². The fourth-order valence-corrected chi connectivity index (χ4v) is 3.14. The van der Waals surface area contributed by atoms with Crippen LogP contribution in [-0.4, -0.2) is 64.4 Å². The summed E-state index contributed by atoms with van der Waals surface area (Å²) in [5.74, 6) is -1.33. The summed E-state index contributed by atoms with van der Waals surface area (Å²) in [4.78, 5) is 40.0. The number of aryl methyl sites for hydroxylation is 1. The number of rotatable bonds is 11. The molecule has 0 heterocycles. The van der Waals surface area contributed by atoms with Crippen LogP contribution in [0, 0.1) is 6.92 Å². The first-order chi connectivity index (χ1) is 15.5. The molecule has 1 aromatic rings. The summed E-state index contributed by atoms with van der Waals surface area (Å²) in [5.41, 5.74) is -0.0354. The number of aliphatic hydroxyl groups is 1. The monoisotopic (exact) mass is 463 g/mol. The van der Waals surface area contributed by atoms with Crippen molar-refractivity contribution in [2.24, 2.45) is 0 Å². The zero-order valence-corrected chi connectivity index (χ0v) is 20.2. The minimum absolute atomic E-state index is 0.0649. The van der Waals surface area contributed by atoms with E-state index in [1.54, 1.807) is 45.9 Å². The zero-order valence-electron chi connectivity index (χ0n) is 20.2. The predicted octanol–water partition coefficient (Wildman–Crippen LogP) is 2.56. The van der Waals surface area contributed by atoms with Gasteiger partial charge >= 0.3 is 6.09 Å². The molecule has 9 heteroatoms. The van der Waals surface area contributed by atoms with Crippen molar-refractivity contribution < 1.29 is 29.3 Å². The minimum Gasteiger partial charge on any atom is -0.507 e. The van der Waals surface area contributed by atoms with Gasteiger partial charge in [-0.15, -0.1) is 6.58 Å². The van der Waals surface area contributed by atoms with Crippen molar-refractivity contribution in [2.75, 3.05) is 19.7 Å². The van der Waals surface area contributed by atoms with Crippen LogP contribution < -0.4 is 10.6 Å². The van der Waals surface area contributed by atoms with E-state index in [0.29, 0.717) is 12.1 Å². The van der Waals surface area contributed by atoms with Gasteiger partial charge in [-0.25, -0.2) is 4.79 Å². The van der Waals surface area contributed by atoms with Crippen LogP contribution in [0.5, 0.6) is 5.75 Å². The molecule has 184 valence electrons. The first kappa shape index (κ1) is 28.0.